The van der Waals surface area contributed by atoms with Gasteiger partial charge in [0.25, 0.3) is 5.91 Å². The van der Waals surface area contributed by atoms with E-state index in [1.807, 2.05) is 13.8 Å². The second kappa shape index (κ2) is 9.47. The van der Waals surface area contributed by atoms with E-state index in [-0.39, 0.29) is 22.8 Å². The number of sulfonamides is 1. The zero-order chi connectivity index (χ0) is 20.8. The molecule has 1 rings (SSSR count). The van der Waals surface area contributed by atoms with Crippen molar-refractivity contribution < 1.29 is 27.9 Å². The highest BCUT2D eigenvalue weighted by molar-refractivity contribution is 7.89. The number of carboxylic acids is 1. The lowest BCUT2D eigenvalue weighted by atomic mass is 10.0. The van der Waals surface area contributed by atoms with Gasteiger partial charge in [0.2, 0.25) is 15.9 Å². The van der Waals surface area contributed by atoms with Crippen LogP contribution in [0.3, 0.4) is 0 Å². The molecule has 2 amide bonds. The molecule has 1 atom stereocenters. The molecule has 0 fully saturated rings. The smallest absolute Gasteiger partial charge is 0.326 e. The molecule has 0 spiro atoms. The molecule has 0 bridgehead atoms. The van der Waals surface area contributed by atoms with Crippen LogP contribution in [0.2, 0.25) is 0 Å². The van der Waals surface area contributed by atoms with Crippen molar-refractivity contribution in [3.8, 4) is 0 Å². The predicted octanol–water partition coefficient (Wildman–Crippen LogP) is 0.282. The molecular weight excluding hydrogens is 374 g/mol. The lowest BCUT2D eigenvalue weighted by Crippen LogP contribution is -2.46. The molecule has 0 radical (unpaired) electrons. The maximum absolute atomic E-state index is 12.1. The van der Waals surface area contributed by atoms with E-state index in [1.165, 1.54) is 38.4 Å². The van der Waals surface area contributed by atoms with Gasteiger partial charge in [0, 0.05) is 19.7 Å². The van der Waals surface area contributed by atoms with E-state index >= 15 is 0 Å². The van der Waals surface area contributed by atoms with Gasteiger partial charge in [-0.2, -0.15) is 0 Å². The van der Waals surface area contributed by atoms with Crippen molar-refractivity contribution >= 4 is 27.8 Å². The van der Waals surface area contributed by atoms with Crippen LogP contribution in [0.5, 0.6) is 0 Å². The van der Waals surface area contributed by atoms with Crippen LogP contribution in [0, 0.1) is 5.92 Å². The van der Waals surface area contributed by atoms with Gasteiger partial charge in [-0.3, -0.25) is 9.59 Å². The van der Waals surface area contributed by atoms with Gasteiger partial charge < -0.3 is 15.7 Å². The first-order valence-electron chi connectivity index (χ1n) is 8.28. The van der Waals surface area contributed by atoms with Gasteiger partial charge in [0.15, 0.2) is 0 Å². The molecular formula is C17H25N3O6S. The minimum absolute atomic E-state index is 0.0415. The lowest BCUT2D eigenvalue weighted by molar-refractivity contribution is -0.142. The third-order valence-electron chi connectivity index (χ3n) is 3.65. The van der Waals surface area contributed by atoms with Gasteiger partial charge in [-0.1, -0.05) is 13.8 Å². The normalized spacial score (nSPS) is 12.7. The van der Waals surface area contributed by atoms with Crippen LogP contribution in [0.15, 0.2) is 29.2 Å². The summed E-state index contributed by atoms with van der Waals surface area (Å²) in [6.07, 6.45) is 0.275. The largest absolute Gasteiger partial charge is 0.480 e. The summed E-state index contributed by atoms with van der Waals surface area (Å²) in [5, 5.41) is 13.8. The summed E-state index contributed by atoms with van der Waals surface area (Å²) in [7, 11) is -0.793. The van der Waals surface area contributed by atoms with E-state index < -0.39 is 40.4 Å². The van der Waals surface area contributed by atoms with Gasteiger partial charge in [-0.25, -0.2) is 17.5 Å². The molecule has 10 heteroatoms. The van der Waals surface area contributed by atoms with Crippen molar-refractivity contribution in [2.75, 3.05) is 20.6 Å². The highest BCUT2D eigenvalue weighted by Gasteiger charge is 2.21. The molecule has 0 aliphatic heterocycles. The highest BCUT2D eigenvalue weighted by Crippen LogP contribution is 2.14. The van der Waals surface area contributed by atoms with E-state index in [2.05, 4.69) is 10.6 Å². The van der Waals surface area contributed by atoms with Crippen molar-refractivity contribution in [3.63, 3.8) is 0 Å². The van der Waals surface area contributed by atoms with Gasteiger partial charge in [-0.05, 0) is 36.6 Å². The second-order valence-electron chi connectivity index (χ2n) is 6.58. The molecule has 0 aromatic heterocycles. The number of carbonyl (C=O) groups excluding carboxylic acids is 2. The zero-order valence-electron chi connectivity index (χ0n) is 15.7. The number of amides is 2. The van der Waals surface area contributed by atoms with Gasteiger partial charge in [-0.15, -0.1) is 0 Å². The molecule has 0 heterocycles. The molecule has 27 heavy (non-hydrogen) atoms. The van der Waals surface area contributed by atoms with Crippen molar-refractivity contribution in [2.45, 2.75) is 31.2 Å². The van der Waals surface area contributed by atoms with Gasteiger partial charge in [0.1, 0.15) is 6.04 Å². The predicted molar refractivity (Wildman–Crippen MR) is 98.7 cm³/mol. The summed E-state index contributed by atoms with van der Waals surface area (Å²) in [6.45, 7) is 3.28. The van der Waals surface area contributed by atoms with Crippen molar-refractivity contribution in [2.24, 2.45) is 5.92 Å². The monoisotopic (exact) mass is 399 g/mol. The van der Waals surface area contributed by atoms with Crippen LogP contribution in [-0.4, -0.2) is 62.3 Å². The van der Waals surface area contributed by atoms with Crippen LogP contribution in [0.25, 0.3) is 0 Å². The second-order valence-corrected chi connectivity index (χ2v) is 8.73. The molecule has 0 saturated carbocycles. The van der Waals surface area contributed by atoms with E-state index in [0.29, 0.717) is 0 Å². The standard InChI is InChI=1S/C17H25N3O6S/c1-11(2)9-14(17(23)24)19-15(21)10-18-16(22)12-5-7-13(8-6-12)27(25,26)20(3)4/h5-8,11,14H,9-10H2,1-4H3,(H,18,22)(H,19,21)(H,23,24)/t14-/m0/s1. The molecule has 1 aromatic rings. The number of nitrogens with zero attached hydrogens (tertiary/aromatic N) is 1. The third kappa shape index (κ3) is 6.65. The number of aliphatic carboxylic acids is 1. The summed E-state index contributed by atoms with van der Waals surface area (Å²) < 4.78 is 25.0. The Bertz CT molecular complexity index is 787. The van der Waals surface area contributed by atoms with Gasteiger partial charge >= 0.3 is 5.97 Å². The van der Waals surface area contributed by atoms with Gasteiger partial charge in [0.05, 0.1) is 11.4 Å². The molecule has 150 valence electrons. The van der Waals surface area contributed by atoms with Crippen LogP contribution in [-0.2, 0) is 19.6 Å². The molecule has 0 aliphatic rings. The Hall–Kier alpha value is -2.46. The van der Waals surface area contributed by atoms with Crippen LogP contribution >= 0.6 is 0 Å². The molecule has 9 nitrogen and oxygen atoms in total. The molecule has 3 N–H and O–H groups in total. The molecule has 0 saturated heterocycles. The minimum Gasteiger partial charge on any atom is -0.480 e. The average Bonchev–Trinajstić information content (AvgIpc) is 2.58. The Labute approximate surface area is 158 Å². The van der Waals surface area contributed by atoms with Crippen LogP contribution < -0.4 is 10.6 Å². The van der Waals surface area contributed by atoms with E-state index in [0.717, 1.165) is 4.31 Å². The van der Waals surface area contributed by atoms with Crippen LogP contribution in [0.4, 0.5) is 0 Å². The Balaban J connectivity index is 2.66. The topological polar surface area (TPSA) is 133 Å². The highest BCUT2D eigenvalue weighted by atomic mass is 32.2. The number of carbonyl (C=O) groups is 3. The van der Waals surface area contributed by atoms with Crippen molar-refractivity contribution in [3.05, 3.63) is 29.8 Å². The first-order valence-corrected chi connectivity index (χ1v) is 9.72. The molecule has 0 unspecified atom stereocenters. The first kappa shape index (κ1) is 22.6. The Morgan fingerprint density at radius 3 is 2.11 bits per heavy atom. The first-order chi connectivity index (χ1) is 12.4. The van der Waals surface area contributed by atoms with E-state index in [1.54, 1.807) is 0 Å². The molecule has 1 aromatic carbocycles. The maximum atomic E-state index is 12.1. The number of hydrogen-bond donors (Lipinski definition) is 3. The summed E-state index contributed by atoms with van der Waals surface area (Å²) in [4.78, 5) is 35.1. The summed E-state index contributed by atoms with van der Waals surface area (Å²) in [6, 6.07) is 4.25. The third-order valence-corrected chi connectivity index (χ3v) is 5.47. The minimum atomic E-state index is -3.59. The SMILES string of the molecule is CC(C)C[C@H](NC(=O)CNC(=O)c1ccc(S(=O)(=O)N(C)C)cc1)C(=O)O. The molecule has 0 aliphatic carbocycles. The summed E-state index contributed by atoms with van der Waals surface area (Å²) in [5.74, 6) is -2.25. The Morgan fingerprint density at radius 2 is 1.67 bits per heavy atom. The average molecular weight is 399 g/mol. The fourth-order valence-corrected chi connectivity index (χ4v) is 3.09. The Kier molecular flexibility index (Phi) is 7.92. The zero-order valence-corrected chi connectivity index (χ0v) is 16.5. The van der Waals surface area contributed by atoms with Crippen LogP contribution in [0.1, 0.15) is 30.6 Å². The van der Waals surface area contributed by atoms with Crippen molar-refractivity contribution in [1.82, 2.24) is 14.9 Å². The number of rotatable bonds is 9. The number of hydrogen-bond acceptors (Lipinski definition) is 5. The number of carboxylic acid groups (broad SMARTS) is 1. The van der Waals surface area contributed by atoms with Crippen molar-refractivity contribution in [1.29, 1.82) is 0 Å². The summed E-state index contributed by atoms with van der Waals surface area (Å²) >= 11 is 0. The van der Waals surface area contributed by atoms with E-state index in [4.69, 9.17) is 5.11 Å². The Morgan fingerprint density at radius 1 is 1.11 bits per heavy atom. The fourth-order valence-electron chi connectivity index (χ4n) is 2.19. The lowest BCUT2D eigenvalue weighted by Gasteiger charge is -2.16. The number of benzene rings is 1. The van der Waals surface area contributed by atoms with E-state index in [9.17, 15) is 22.8 Å². The summed E-state index contributed by atoms with van der Waals surface area (Å²) in [5.41, 5.74) is 0.178. The quantitative estimate of drug-likeness (QED) is 0.546. The number of nitrogens with one attached hydrogen (secondary N) is 2. The maximum Gasteiger partial charge on any atom is 0.326 e. The fraction of sp³-hybridized carbons (Fsp3) is 0.471.